The van der Waals surface area contributed by atoms with E-state index in [9.17, 15) is 0 Å². The van der Waals surface area contributed by atoms with Crippen LogP contribution in [-0.4, -0.2) is 22.7 Å². The van der Waals surface area contributed by atoms with Gasteiger partial charge in [0.1, 0.15) is 0 Å². The standard InChI is InChI=1S/C22H30N2O/c1-21-10-8-17-15(4-7-20-22(17,2)9-3-13-25-20)16(21)5-6-18(21)19-14-23-11-12-24-19/h6,11-12,14-17,20H,3-5,7-10,13H2,1-2H3/t15-,16-,17-,20?,21-,22+/m0/s1. The summed E-state index contributed by atoms with van der Waals surface area (Å²) in [6.07, 6.45) is 17.7. The van der Waals surface area contributed by atoms with E-state index in [1.807, 2.05) is 12.4 Å². The first-order chi connectivity index (χ1) is 12.1. The van der Waals surface area contributed by atoms with Gasteiger partial charge in [0.2, 0.25) is 0 Å². The molecule has 3 aliphatic carbocycles. The molecule has 25 heavy (non-hydrogen) atoms. The minimum Gasteiger partial charge on any atom is -0.378 e. The fourth-order valence-corrected chi connectivity index (χ4v) is 7.12. The molecule has 1 aromatic heterocycles. The molecule has 0 bridgehead atoms. The first kappa shape index (κ1) is 16.0. The van der Waals surface area contributed by atoms with E-state index in [4.69, 9.17) is 4.74 Å². The van der Waals surface area contributed by atoms with Gasteiger partial charge in [0, 0.05) is 19.0 Å². The molecule has 5 rings (SSSR count). The lowest BCUT2D eigenvalue weighted by Crippen LogP contribution is -2.55. The molecule has 4 aliphatic rings. The number of ether oxygens (including phenoxy) is 1. The van der Waals surface area contributed by atoms with E-state index in [1.54, 1.807) is 6.20 Å². The van der Waals surface area contributed by atoms with Gasteiger partial charge in [-0.2, -0.15) is 0 Å². The van der Waals surface area contributed by atoms with E-state index in [2.05, 4.69) is 29.9 Å². The van der Waals surface area contributed by atoms with E-state index < -0.39 is 0 Å². The Bertz CT molecular complexity index is 687. The molecule has 0 aromatic carbocycles. The first-order valence-corrected chi connectivity index (χ1v) is 10.2. The zero-order chi connectivity index (χ0) is 17.1. The summed E-state index contributed by atoms with van der Waals surface area (Å²) in [5, 5.41) is 0. The fraction of sp³-hybridized carbons (Fsp3) is 0.727. The van der Waals surface area contributed by atoms with Crippen LogP contribution in [0.5, 0.6) is 0 Å². The molecule has 1 saturated heterocycles. The molecule has 0 N–H and O–H groups in total. The van der Waals surface area contributed by atoms with Gasteiger partial charge >= 0.3 is 0 Å². The summed E-state index contributed by atoms with van der Waals surface area (Å²) in [7, 11) is 0. The Morgan fingerprint density at radius 3 is 2.84 bits per heavy atom. The molecule has 134 valence electrons. The summed E-state index contributed by atoms with van der Waals surface area (Å²) in [5.41, 5.74) is 3.27. The molecular weight excluding hydrogens is 308 g/mol. The average Bonchev–Trinajstić information content (AvgIpc) is 2.99. The minimum absolute atomic E-state index is 0.288. The topological polar surface area (TPSA) is 35.0 Å². The van der Waals surface area contributed by atoms with E-state index in [0.717, 1.165) is 30.1 Å². The van der Waals surface area contributed by atoms with Crippen LogP contribution in [0.2, 0.25) is 0 Å². The van der Waals surface area contributed by atoms with Gasteiger partial charge in [-0.3, -0.25) is 9.97 Å². The molecule has 3 nitrogen and oxygen atoms in total. The summed E-state index contributed by atoms with van der Waals surface area (Å²) in [6, 6.07) is 0. The number of fused-ring (bicyclic) bond motifs is 5. The second-order valence-corrected chi connectivity index (χ2v) is 9.32. The van der Waals surface area contributed by atoms with Crippen LogP contribution in [0.25, 0.3) is 5.57 Å². The Hall–Kier alpha value is -1.22. The van der Waals surface area contributed by atoms with Crippen molar-refractivity contribution < 1.29 is 4.74 Å². The van der Waals surface area contributed by atoms with Crippen LogP contribution >= 0.6 is 0 Å². The molecule has 1 aliphatic heterocycles. The van der Waals surface area contributed by atoms with Crippen LogP contribution in [0.1, 0.15) is 64.5 Å². The van der Waals surface area contributed by atoms with Gasteiger partial charge in [0.05, 0.1) is 18.0 Å². The molecular formula is C22H30N2O. The van der Waals surface area contributed by atoms with Crippen LogP contribution < -0.4 is 0 Å². The zero-order valence-corrected chi connectivity index (χ0v) is 15.6. The van der Waals surface area contributed by atoms with Gasteiger partial charge in [-0.25, -0.2) is 0 Å². The SMILES string of the molecule is C[C@]12CCCOC1CC[C@@H]1[C@@H]2CC[C@]2(C)C(c3cnccn3)=CC[C@@H]12. The maximum Gasteiger partial charge on any atom is 0.0847 e. The average molecular weight is 338 g/mol. The Morgan fingerprint density at radius 2 is 2.00 bits per heavy atom. The van der Waals surface area contributed by atoms with Gasteiger partial charge in [-0.05, 0) is 79.1 Å². The highest BCUT2D eigenvalue weighted by molar-refractivity contribution is 5.70. The molecule has 2 saturated carbocycles. The maximum absolute atomic E-state index is 6.23. The number of hydrogen-bond donors (Lipinski definition) is 0. The Morgan fingerprint density at radius 1 is 1.08 bits per heavy atom. The normalized spacial score (nSPS) is 45.9. The van der Waals surface area contributed by atoms with Crippen molar-refractivity contribution in [1.82, 2.24) is 9.97 Å². The van der Waals surface area contributed by atoms with E-state index in [1.165, 1.54) is 50.5 Å². The predicted molar refractivity (Wildman–Crippen MR) is 98.8 cm³/mol. The molecule has 2 heterocycles. The maximum atomic E-state index is 6.23. The highest BCUT2D eigenvalue weighted by atomic mass is 16.5. The molecule has 1 aromatic rings. The molecule has 0 spiro atoms. The third-order valence-electron chi connectivity index (χ3n) is 8.38. The highest BCUT2D eigenvalue weighted by Gasteiger charge is 2.58. The third-order valence-corrected chi connectivity index (χ3v) is 8.38. The van der Waals surface area contributed by atoms with Crippen molar-refractivity contribution in [2.24, 2.45) is 28.6 Å². The van der Waals surface area contributed by atoms with E-state index in [-0.39, 0.29) is 5.41 Å². The monoisotopic (exact) mass is 338 g/mol. The van der Waals surface area contributed by atoms with Crippen molar-refractivity contribution in [3.63, 3.8) is 0 Å². The summed E-state index contributed by atoms with van der Waals surface area (Å²) in [5.74, 6) is 2.48. The molecule has 3 fully saturated rings. The summed E-state index contributed by atoms with van der Waals surface area (Å²) in [4.78, 5) is 8.95. The van der Waals surface area contributed by atoms with Gasteiger partial charge in [0.25, 0.3) is 0 Å². The van der Waals surface area contributed by atoms with Crippen LogP contribution in [0.4, 0.5) is 0 Å². The fourth-order valence-electron chi connectivity index (χ4n) is 7.12. The van der Waals surface area contributed by atoms with Crippen molar-refractivity contribution in [2.75, 3.05) is 6.61 Å². The quantitative estimate of drug-likeness (QED) is 0.731. The van der Waals surface area contributed by atoms with Crippen molar-refractivity contribution in [2.45, 2.75) is 64.9 Å². The van der Waals surface area contributed by atoms with Crippen LogP contribution in [-0.2, 0) is 4.74 Å². The van der Waals surface area contributed by atoms with Crippen molar-refractivity contribution in [1.29, 1.82) is 0 Å². The number of hydrogen-bond acceptors (Lipinski definition) is 3. The Labute approximate surface area is 151 Å². The van der Waals surface area contributed by atoms with E-state index >= 15 is 0 Å². The summed E-state index contributed by atoms with van der Waals surface area (Å²) >= 11 is 0. The second-order valence-electron chi connectivity index (χ2n) is 9.32. The van der Waals surface area contributed by atoms with E-state index in [0.29, 0.717) is 11.5 Å². The lowest BCUT2D eigenvalue weighted by atomic mass is 9.47. The summed E-state index contributed by atoms with van der Waals surface area (Å²) < 4.78 is 6.23. The lowest BCUT2D eigenvalue weighted by Gasteiger charge is -2.59. The largest absolute Gasteiger partial charge is 0.378 e. The number of allylic oxidation sites excluding steroid dienone is 2. The molecule has 1 unspecified atom stereocenters. The molecule has 6 atom stereocenters. The van der Waals surface area contributed by atoms with Gasteiger partial charge < -0.3 is 4.74 Å². The third kappa shape index (κ3) is 2.21. The van der Waals surface area contributed by atoms with Gasteiger partial charge in [-0.1, -0.05) is 19.9 Å². The van der Waals surface area contributed by atoms with Gasteiger partial charge in [-0.15, -0.1) is 0 Å². The highest BCUT2D eigenvalue weighted by Crippen LogP contribution is 2.65. The predicted octanol–water partition coefficient (Wildman–Crippen LogP) is 4.89. The molecule has 0 amide bonds. The van der Waals surface area contributed by atoms with Crippen LogP contribution in [0.3, 0.4) is 0 Å². The molecule has 0 radical (unpaired) electrons. The number of rotatable bonds is 1. The zero-order valence-electron chi connectivity index (χ0n) is 15.6. The first-order valence-electron chi connectivity index (χ1n) is 10.2. The summed E-state index contributed by atoms with van der Waals surface area (Å²) in [6.45, 7) is 6.03. The van der Waals surface area contributed by atoms with Crippen molar-refractivity contribution >= 4 is 5.57 Å². The van der Waals surface area contributed by atoms with Crippen molar-refractivity contribution in [3.05, 3.63) is 30.4 Å². The minimum atomic E-state index is 0.288. The smallest absolute Gasteiger partial charge is 0.0847 e. The van der Waals surface area contributed by atoms with Crippen LogP contribution in [0, 0.1) is 28.6 Å². The van der Waals surface area contributed by atoms with Crippen molar-refractivity contribution in [3.8, 4) is 0 Å². The number of aromatic nitrogens is 2. The Balaban J connectivity index is 1.46. The van der Waals surface area contributed by atoms with Gasteiger partial charge in [0.15, 0.2) is 0 Å². The number of nitrogens with zero attached hydrogens (tertiary/aromatic N) is 2. The molecule has 3 heteroatoms. The Kier molecular flexibility index (Phi) is 3.61. The lowest BCUT2D eigenvalue weighted by molar-refractivity contribution is -0.168. The van der Waals surface area contributed by atoms with Crippen LogP contribution in [0.15, 0.2) is 24.7 Å². The second kappa shape index (κ2) is 5.64.